The highest BCUT2D eigenvalue weighted by Gasteiger charge is 2.32. The molecular formula is C14H6Cl2F4O2. The molecule has 2 rings (SSSR count). The van der Waals surface area contributed by atoms with Crippen LogP contribution in [0.25, 0.3) is 0 Å². The summed E-state index contributed by atoms with van der Waals surface area (Å²) in [5.41, 5.74) is -1.89. The number of hydrogen-bond donors (Lipinski definition) is 0. The summed E-state index contributed by atoms with van der Waals surface area (Å²) in [7, 11) is 0. The van der Waals surface area contributed by atoms with Crippen molar-refractivity contribution in [3.8, 4) is 5.75 Å². The van der Waals surface area contributed by atoms with Gasteiger partial charge in [-0.15, -0.1) is 0 Å². The zero-order chi connectivity index (χ0) is 16.5. The number of carbonyl (C=O) groups excluding carboxylic acids is 1. The normalized spacial score (nSPS) is 11.4. The fourth-order valence-electron chi connectivity index (χ4n) is 1.59. The molecule has 0 saturated heterocycles. The molecule has 0 N–H and O–H groups in total. The summed E-state index contributed by atoms with van der Waals surface area (Å²) in [6, 6.07) is 5.58. The van der Waals surface area contributed by atoms with Crippen LogP contribution in [0.3, 0.4) is 0 Å². The SMILES string of the molecule is O=C(Oc1cccc(Cl)c1Cl)c1cc(F)cc(C(F)(F)F)c1. The first-order valence-corrected chi connectivity index (χ1v) is 6.48. The minimum absolute atomic E-state index is 0.0787. The quantitative estimate of drug-likeness (QED) is 0.412. The van der Waals surface area contributed by atoms with Gasteiger partial charge in [-0.1, -0.05) is 29.3 Å². The third-order valence-electron chi connectivity index (χ3n) is 2.58. The molecule has 0 bridgehead atoms. The van der Waals surface area contributed by atoms with Crippen molar-refractivity contribution in [1.82, 2.24) is 0 Å². The molecular weight excluding hydrogens is 347 g/mol. The van der Waals surface area contributed by atoms with E-state index in [2.05, 4.69) is 0 Å². The Morgan fingerprint density at radius 3 is 2.41 bits per heavy atom. The zero-order valence-electron chi connectivity index (χ0n) is 10.5. The molecule has 0 atom stereocenters. The number of esters is 1. The van der Waals surface area contributed by atoms with E-state index in [1.54, 1.807) is 0 Å². The molecule has 0 aromatic heterocycles. The van der Waals surface area contributed by atoms with Crippen molar-refractivity contribution >= 4 is 29.2 Å². The predicted molar refractivity (Wildman–Crippen MR) is 72.8 cm³/mol. The molecule has 2 nitrogen and oxygen atoms in total. The fourth-order valence-corrected chi connectivity index (χ4v) is 1.92. The molecule has 0 fully saturated rings. The molecule has 0 aliphatic carbocycles. The molecule has 0 amide bonds. The van der Waals surface area contributed by atoms with Gasteiger partial charge in [0.25, 0.3) is 0 Å². The van der Waals surface area contributed by atoms with Gasteiger partial charge in [0, 0.05) is 0 Å². The maximum absolute atomic E-state index is 13.2. The average molecular weight is 353 g/mol. The molecule has 0 saturated carbocycles. The second kappa shape index (κ2) is 6.14. The number of benzene rings is 2. The molecule has 2 aromatic rings. The number of ether oxygens (including phenoxy) is 1. The van der Waals surface area contributed by atoms with Gasteiger partial charge in [0.05, 0.1) is 16.1 Å². The number of rotatable bonds is 2. The van der Waals surface area contributed by atoms with E-state index in [0.717, 1.165) is 0 Å². The molecule has 116 valence electrons. The van der Waals surface area contributed by atoms with Crippen molar-refractivity contribution in [3.63, 3.8) is 0 Å². The average Bonchev–Trinajstić information content (AvgIpc) is 2.42. The minimum Gasteiger partial charge on any atom is -0.421 e. The highest BCUT2D eigenvalue weighted by atomic mass is 35.5. The van der Waals surface area contributed by atoms with E-state index >= 15 is 0 Å². The van der Waals surface area contributed by atoms with E-state index in [4.69, 9.17) is 27.9 Å². The Morgan fingerprint density at radius 1 is 1.09 bits per heavy atom. The lowest BCUT2D eigenvalue weighted by Crippen LogP contribution is -2.12. The van der Waals surface area contributed by atoms with Gasteiger partial charge in [0.2, 0.25) is 0 Å². The lowest BCUT2D eigenvalue weighted by Gasteiger charge is -2.10. The lowest BCUT2D eigenvalue weighted by molar-refractivity contribution is -0.137. The Balaban J connectivity index is 2.34. The maximum atomic E-state index is 13.2. The monoisotopic (exact) mass is 352 g/mol. The highest BCUT2D eigenvalue weighted by Crippen LogP contribution is 2.33. The van der Waals surface area contributed by atoms with Gasteiger partial charge in [-0.25, -0.2) is 9.18 Å². The van der Waals surface area contributed by atoms with E-state index in [1.807, 2.05) is 0 Å². The van der Waals surface area contributed by atoms with Crippen LogP contribution in [0.4, 0.5) is 17.6 Å². The smallest absolute Gasteiger partial charge is 0.416 e. The van der Waals surface area contributed by atoms with Crippen LogP contribution >= 0.6 is 23.2 Å². The molecule has 0 radical (unpaired) electrons. The third-order valence-corrected chi connectivity index (χ3v) is 3.38. The summed E-state index contributed by atoms with van der Waals surface area (Å²) in [6.45, 7) is 0. The topological polar surface area (TPSA) is 26.3 Å². The summed E-state index contributed by atoms with van der Waals surface area (Å²) in [6.07, 6.45) is -4.79. The zero-order valence-corrected chi connectivity index (χ0v) is 12.1. The van der Waals surface area contributed by atoms with Gasteiger partial charge in [-0.3, -0.25) is 0 Å². The number of alkyl halides is 3. The van der Waals surface area contributed by atoms with Gasteiger partial charge in [-0.05, 0) is 30.3 Å². The second-order valence-electron chi connectivity index (χ2n) is 4.17. The predicted octanol–water partition coefficient (Wildman–Crippen LogP) is 5.37. The van der Waals surface area contributed by atoms with Gasteiger partial charge in [0.1, 0.15) is 10.8 Å². The molecule has 2 aromatic carbocycles. The van der Waals surface area contributed by atoms with Crippen molar-refractivity contribution in [3.05, 3.63) is 63.4 Å². The van der Waals surface area contributed by atoms with Crippen LogP contribution in [-0.4, -0.2) is 5.97 Å². The third kappa shape index (κ3) is 3.69. The standard InChI is InChI=1S/C14H6Cl2F4O2/c15-10-2-1-3-11(12(10)16)22-13(21)7-4-8(14(18,19)20)6-9(17)5-7/h1-6H. The summed E-state index contributed by atoms with van der Waals surface area (Å²) in [5, 5.41) is 0.0205. The maximum Gasteiger partial charge on any atom is 0.416 e. The van der Waals surface area contributed by atoms with Crippen molar-refractivity contribution in [1.29, 1.82) is 0 Å². The first-order valence-electron chi connectivity index (χ1n) is 5.72. The van der Waals surface area contributed by atoms with Crippen LogP contribution < -0.4 is 4.74 Å². The molecule has 0 aliphatic rings. The van der Waals surface area contributed by atoms with Crippen LogP contribution in [0.1, 0.15) is 15.9 Å². The fraction of sp³-hybridized carbons (Fsp3) is 0.0714. The Bertz CT molecular complexity index is 729. The Morgan fingerprint density at radius 2 is 1.77 bits per heavy atom. The largest absolute Gasteiger partial charge is 0.421 e. The van der Waals surface area contributed by atoms with Crippen molar-refractivity contribution in [2.24, 2.45) is 0 Å². The summed E-state index contributed by atoms with van der Waals surface area (Å²) in [5.74, 6) is -2.54. The second-order valence-corrected chi connectivity index (χ2v) is 4.95. The Kier molecular flexibility index (Phi) is 4.63. The molecule has 22 heavy (non-hydrogen) atoms. The van der Waals surface area contributed by atoms with E-state index in [9.17, 15) is 22.4 Å². The van der Waals surface area contributed by atoms with Crippen LogP contribution in [0, 0.1) is 5.82 Å². The molecule has 8 heteroatoms. The molecule has 0 unspecified atom stereocenters. The van der Waals surface area contributed by atoms with Crippen LogP contribution in [0.2, 0.25) is 10.0 Å². The van der Waals surface area contributed by atoms with Crippen molar-refractivity contribution in [2.45, 2.75) is 6.18 Å². The van der Waals surface area contributed by atoms with Crippen LogP contribution in [0.5, 0.6) is 5.75 Å². The minimum atomic E-state index is -4.79. The first kappa shape index (κ1) is 16.6. The lowest BCUT2D eigenvalue weighted by atomic mass is 10.1. The van der Waals surface area contributed by atoms with Crippen LogP contribution in [0.15, 0.2) is 36.4 Å². The number of halogens is 6. The molecule has 0 aliphatic heterocycles. The Hall–Kier alpha value is -1.79. The molecule has 0 heterocycles. The van der Waals surface area contributed by atoms with Gasteiger partial charge >= 0.3 is 12.1 Å². The van der Waals surface area contributed by atoms with Crippen molar-refractivity contribution in [2.75, 3.05) is 0 Å². The first-order chi connectivity index (χ1) is 10.2. The highest BCUT2D eigenvalue weighted by molar-refractivity contribution is 6.43. The number of carbonyl (C=O) groups is 1. The van der Waals surface area contributed by atoms with Crippen LogP contribution in [-0.2, 0) is 6.18 Å². The van der Waals surface area contributed by atoms with Crippen molar-refractivity contribution < 1.29 is 27.1 Å². The van der Waals surface area contributed by atoms with Gasteiger partial charge in [-0.2, -0.15) is 13.2 Å². The summed E-state index contributed by atoms with van der Waals surface area (Å²) in [4.78, 5) is 11.9. The van der Waals surface area contributed by atoms with E-state index < -0.39 is 29.1 Å². The Labute approximate surface area is 132 Å². The van der Waals surface area contributed by atoms with Gasteiger partial charge in [0.15, 0.2) is 5.75 Å². The van der Waals surface area contributed by atoms with E-state index in [0.29, 0.717) is 12.1 Å². The van der Waals surface area contributed by atoms with Gasteiger partial charge < -0.3 is 4.74 Å². The van der Waals surface area contributed by atoms with E-state index in [1.165, 1.54) is 18.2 Å². The number of hydrogen-bond acceptors (Lipinski definition) is 2. The van der Waals surface area contributed by atoms with E-state index in [-0.39, 0.29) is 21.9 Å². The summed E-state index contributed by atoms with van der Waals surface area (Å²) < 4.78 is 55.9. The summed E-state index contributed by atoms with van der Waals surface area (Å²) >= 11 is 11.5. The molecule has 0 spiro atoms.